The maximum Gasteiger partial charge on any atom is 0.289 e. The maximum absolute atomic E-state index is 13.7. The third kappa shape index (κ3) is 3.06. The van der Waals surface area contributed by atoms with E-state index in [0.29, 0.717) is 5.69 Å². The predicted molar refractivity (Wildman–Crippen MR) is 101 cm³/mol. The van der Waals surface area contributed by atoms with E-state index in [9.17, 15) is 9.18 Å². The van der Waals surface area contributed by atoms with Gasteiger partial charge >= 0.3 is 0 Å². The highest BCUT2D eigenvalue weighted by Gasteiger charge is 2.24. The number of benzene rings is 2. The van der Waals surface area contributed by atoms with Crippen LogP contribution in [0.2, 0.25) is 0 Å². The highest BCUT2D eigenvalue weighted by atomic mass is 79.9. The van der Waals surface area contributed by atoms with Crippen LogP contribution in [-0.2, 0) is 12.8 Å². The van der Waals surface area contributed by atoms with Crippen molar-refractivity contribution in [3.8, 4) is 11.3 Å². The molecule has 0 fully saturated rings. The minimum Gasteiger partial charge on any atom is -0.272 e. The van der Waals surface area contributed by atoms with E-state index < -0.39 is 11.7 Å². The lowest BCUT2D eigenvalue weighted by molar-refractivity contribution is 0.0949. The number of rotatable bonds is 3. The molecule has 26 heavy (non-hydrogen) atoms. The van der Waals surface area contributed by atoms with Gasteiger partial charge in [-0.2, -0.15) is 10.2 Å². The Balaban J connectivity index is 1.55. The van der Waals surface area contributed by atoms with E-state index in [4.69, 9.17) is 0 Å². The number of amides is 1. The lowest BCUT2D eigenvalue weighted by Gasteiger charge is -2.15. The lowest BCUT2D eigenvalue weighted by atomic mass is 9.89. The Kier molecular flexibility index (Phi) is 4.38. The summed E-state index contributed by atoms with van der Waals surface area (Å²) in [5, 5.41) is 11.0. The predicted octanol–water partition coefficient (Wildman–Crippen LogP) is 3.84. The number of carbonyl (C=O) groups is 1. The molecule has 1 aromatic heterocycles. The summed E-state index contributed by atoms with van der Waals surface area (Å²) in [6.45, 7) is 0. The molecule has 0 radical (unpaired) electrons. The van der Waals surface area contributed by atoms with Gasteiger partial charge in [-0.15, -0.1) is 0 Å². The summed E-state index contributed by atoms with van der Waals surface area (Å²) in [5.74, 6) is -0.813. The summed E-state index contributed by atoms with van der Waals surface area (Å²) in [7, 11) is 0. The Morgan fingerprint density at radius 2 is 2.12 bits per heavy atom. The summed E-state index contributed by atoms with van der Waals surface area (Å²) in [4.78, 5) is 12.4. The maximum atomic E-state index is 13.7. The van der Waals surface area contributed by atoms with Crippen molar-refractivity contribution in [2.75, 3.05) is 0 Å². The van der Waals surface area contributed by atoms with E-state index in [1.165, 1.54) is 17.8 Å². The van der Waals surface area contributed by atoms with Crippen molar-refractivity contribution in [3.05, 3.63) is 75.1 Å². The first-order valence-corrected chi connectivity index (χ1v) is 8.87. The first kappa shape index (κ1) is 16.7. The topological polar surface area (TPSA) is 70.1 Å². The van der Waals surface area contributed by atoms with Gasteiger partial charge < -0.3 is 0 Å². The number of hydrogen-bond donors (Lipinski definition) is 2. The van der Waals surface area contributed by atoms with Crippen molar-refractivity contribution in [3.63, 3.8) is 0 Å². The number of halogens is 2. The number of nitrogens with zero attached hydrogens (tertiary/aromatic N) is 2. The Bertz CT molecular complexity index is 1030. The highest BCUT2D eigenvalue weighted by molar-refractivity contribution is 9.10. The molecule has 0 saturated carbocycles. The van der Waals surface area contributed by atoms with Gasteiger partial charge in [0.15, 0.2) is 0 Å². The van der Waals surface area contributed by atoms with Gasteiger partial charge in [-0.3, -0.25) is 9.89 Å². The second-order valence-corrected chi connectivity index (χ2v) is 6.86. The van der Waals surface area contributed by atoms with E-state index in [2.05, 4.69) is 42.7 Å². The standard InChI is InChI=1S/C19H14BrFN4O/c20-13-6-8-16(21)12(9-13)10-22-25-19(26)18-15-7-5-11-3-1-2-4-14(11)17(15)23-24-18/h1-4,6,8-10H,5,7H2,(H,23,24)(H,25,26)/b22-10+. The number of hydrazone groups is 1. The first-order chi connectivity index (χ1) is 12.6. The van der Waals surface area contributed by atoms with Crippen LogP contribution in [0.5, 0.6) is 0 Å². The zero-order chi connectivity index (χ0) is 18.1. The minimum atomic E-state index is -0.415. The molecule has 1 heterocycles. The summed E-state index contributed by atoms with van der Waals surface area (Å²) >= 11 is 3.27. The molecule has 0 unspecified atom stereocenters. The third-order valence-electron chi connectivity index (χ3n) is 4.34. The molecule has 1 aliphatic rings. The van der Waals surface area contributed by atoms with Crippen molar-refractivity contribution in [2.24, 2.45) is 5.10 Å². The van der Waals surface area contributed by atoms with Crippen LogP contribution in [0.1, 0.15) is 27.2 Å². The van der Waals surface area contributed by atoms with Gasteiger partial charge in [0.25, 0.3) is 5.91 Å². The molecule has 0 atom stereocenters. The van der Waals surface area contributed by atoms with E-state index in [-0.39, 0.29) is 5.56 Å². The largest absolute Gasteiger partial charge is 0.289 e. The number of H-pyrrole nitrogens is 1. The van der Waals surface area contributed by atoms with E-state index >= 15 is 0 Å². The SMILES string of the molecule is O=C(N/N=C/c1cc(Br)ccc1F)c1[nH]nc2c1CCc1ccccc1-2. The fourth-order valence-electron chi connectivity index (χ4n) is 3.08. The van der Waals surface area contributed by atoms with E-state index in [1.54, 1.807) is 12.1 Å². The van der Waals surface area contributed by atoms with Crippen LogP contribution < -0.4 is 5.43 Å². The van der Waals surface area contributed by atoms with E-state index in [0.717, 1.165) is 34.1 Å². The van der Waals surface area contributed by atoms with Gasteiger partial charge in [0.1, 0.15) is 11.5 Å². The molecule has 130 valence electrons. The molecule has 5 nitrogen and oxygen atoms in total. The van der Waals surface area contributed by atoms with Crippen LogP contribution in [0.15, 0.2) is 52.0 Å². The fourth-order valence-corrected chi connectivity index (χ4v) is 3.46. The monoisotopic (exact) mass is 412 g/mol. The number of carbonyl (C=O) groups excluding carboxylic acids is 1. The van der Waals surface area contributed by atoms with Crippen LogP contribution in [0.25, 0.3) is 11.3 Å². The molecule has 2 N–H and O–H groups in total. The third-order valence-corrected chi connectivity index (χ3v) is 4.83. The van der Waals surface area contributed by atoms with Crippen molar-refractivity contribution in [2.45, 2.75) is 12.8 Å². The molecule has 0 bridgehead atoms. The Labute approximate surface area is 157 Å². The number of aryl methyl sites for hydroxylation is 1. The number of aromatic amines is 1. The van der Waals surface area contributed by atoms with Crippen LogP contribution in [0.4, 0.5) is 4.39 Å². The van der Waals surface area contributed by atoms with Gasteiger partial charge in [-0.05, 0) is 36.6 Å². The lowest BCUT2D eigenvalue weighted by Crippen LogP contribution is -2.20. The number of fused-ring (bicyclic) bond motifs is 3. The van der Waals surface area contributed by atoms with Crippen LogP contribution >= 0.6 is 15.9 Å². The molecule has 0 spiro atoms. The average Bonchev–Trinajstić information content (AvgIpc) is 3.09. The molecule has 1 aliphatic carbocycles. The Morgan fingerprint density at radius 1 is 1.27 bits per heavy atom. The Hall–Kier alpha value is -2.80. The molecule has 7 heteroatoms. The molecule has 0 saturated heterocycles. The molecule has 4 rings (SSSR count). The van der Waals surface area contributed by atoms with Crippen molar-refractivity contribution < 1.29 is 9.18 Å². The van der Waals surface area contributed by atoms with Gasteiger partial charge in [-0.25, -0.2) is 9.82 Å². The van der Waals surface area contributed by atoms with Gasteiger partial charge in [0, 0.05) is 21.2 Å². The second kappa shape index (κ2) is 6.84. The summed E-state index contributed by atoms with van der Waals surface area (Å²) in [5.41, 5.74) is 7.05. The summed E-state index contributed by atoms with van der Waals surface area (Å²) in [6, 6.07) is 12.5. The van der Waals surface area contributed by atoms with Crippen LogP contribution in [-0.4, -0.2) is 22.3 Å². The smallest absolute Gasteiger partial charge is 0.272 e. The molecule has 3 aromatic rings. The second-order valence-electron chi connectivity index (χ2n) is 5.95. The zero-order valence-electron chi connectivity index (χ0n) is 13.6. The fraction of sp³-hybridized carbons (Fsp3) is 0.105. The number of nitrogens with one attached hydrogen (secondary N) is 2. The van der Waals surface area contributed by atoms with Crippen molar-refractivity contribution in [1.29, 1.82) is 0 Å². The molecule has 2 aromatic carbocycles. The molecule has 0 aliphatic heterocycles. The molecular formula is C19H14BrFN4O. The quantitative estimate of drug-likeness (QED) is 0.506. The molecular weight excluding hydrogens is 399 g/mol. The van der Waals surface area contributed by atoms with Crippen molar-refractivity contribution >= 4 is 28.1 Å². The average molecular weight is 413 g/mol. The van der Waals surface area contributed by atoms with Gasteiger partial charge in [-0.1, -0.05) is 40.2 Å². The van der Waals surface area contributed by atoms with Gasteiger partial charge in [0.2, 0.25) is 0 Å². The normalized spacial score (nSPS) is 12.7. The molecule has 1 amide bonds. The van der Waals surface area contributed by atoms with Crippen LogP contribution in [0.3, 0.4) is 0 Å². The Morgan fingerprint density at radius 3 is 3.00 bits per heavy atom. The highest BCUT2D eigenvalue weighted by Crippen LogP contribution is 2.33. The van der Waals surface area contributed by atoms with Crippen molar-refractivity contribution in [1.82, 2.24) is 15.6 Å². The number of aromatic nitrogens is 2. The summed E-state index contributed by atoms with van der Waals surface area (Å²) in [6.07, 6.45) is 2.86. The zero-order valence-corrected chi connectivity index (χ0v) is 15.2. The number of hydrogen-bond acceptors (Lipinski definition) is 3. The summed E-state index contributed by atoms with van der Waals surface area (Å²) < 4.78 is 14.4. The first-order valence-electron chi connectivity index (χ1n) is 8.07. The minimum absolute atomic E-state index is 0.278. The van der Waals surface area contributed by atoms with Gasteiger partial charge in [0.05, 0.1) is 11.9 Å². The van der Waals surface area contributed by atoms with E-state index in [1.807, 2.05) is 18.2 Å². The van der Waals surface area contributed by atoms with Crippen LogP contribution in [0, 0.1) is 5.82 Å².